The van der Waals surface area contributed by atoms with Crippen LogP contribution in [-0.4, -0.2) is 151 Å². The minimum absolute atomic E-state index is 0.00695. The molecule has 334 valence electrons. The van der Waals surface area contributed by atoms with Crippen LogP contribution in [0.4, 0.5) is 10.5 Å². The van der Waals surface area contributed by atoms with E-state index in [0.29, 0.717) is 24.8 Å². The third kappa shape index (κ3) is 23.4. The second-order valence-corrected chi connectivity index (χ2v) is 14.0. The van der Waals surface area contributed by atoms with Gasteiger partial charge in [0, 0.05) is 66.5 Å². The Bertz CT molecular complexity index is 1490. The molecule has 19 nitrogen and oxygen atoms in total. The lowest BCUT2D eigenvalue weighted by Crippen LogP contribution is -2.42. The SMILES string of the molecule is CC.CC(=O)COCC(=O)N(C)CCN(C)C(=O)OCc1ccc(OC2CC(O)CC(C(=O)O)O2)c(NC(=O)CCCCCCCN(C)C(=O)C(S)CC=O)c1.NC=O. The number of thiol groups is 1. The summed E-state index contributed by atoms with van der Waals surface area (Å²) < 4.78 is 21.9. The average Bonchev–Trinajstić information content (AvgIpc) is 3.19. The molecule has 0 bridgehead atoms. The Morgan fingerprint density at radius 2 is 1.58 bits per heavy atom. The second kappa shape index (κ2) is 31.2. The number of hydrogen-bond donors (Lipinski definition) is 5. The summed E-state index contributed by atoms with van der Waals surface area (Å²) in [5, 5.41) is 21.8. The maximum absolute atomic E-state index is 13.0. The van der Waals surface area contributed by atoms with Crippen molar-refractivity contribution in [3.05, 3.63) is 23.8 Å². The second-order valence-electron chi connectivity index (χ2n) is 13.3. The fourth-order valence-electron chi connectivity index (χ4n) is 5.20. The van der Waals surface area contributed by atoms with Gasteiger partial charge in [0.25, 0.3) is 0 Å². The first-order valence-corrected chi connectivity index (χ1v) is 19.9. The highest BCUT2D eigenvalue weighted by Gasteiger charge is 2.34. The van der Waals surface area contributed by atoms with E-state index in [-0.39, 0.29) is 99.9 Å². The van der Waals surface area contributed by atoms with Gasteiger partial charge >= 0.3 is 12.1 Å². The number of carbonyl (C=O) groups excluding carboxylic acids is 7. The summed E-state index contributed by atoms with van der Waals surface area (Å²) in [5.41, 5.74) is 4.90. The predicted octanol–water partition coefficient (Wildman–Crippen LogP) is 2.40. The van der Waals surface area contributed by atoms with Crippen LogP contribution in [0.2, 0.25) is 0 Å². The Labute approximate surface area is 351 Å². The largest absolute Gasteiger partial charge is 0.479 e. The molecule has 1 aliphatic rings. The number of hydrogen-bond acceptors (Lipinski definition) is 14. The van der Waals surface area contributed by atoms with Crippen molar-refractivity contribution in [3.8, 4) is 5.75 Å². The summed E-state index contributed by atoms with van der Waals surface area (Å²) in [7, 11) is 4.73. The van der Waals surface area contributed by atoms with Crippen LogP contribution in [0.15, 0.2) is 18.2 Å². The van der Waals surface area contributed by atoms with Crippen molar-refractivity contribution in [2.75, 3.05) is 59.3 Å². The summed E-state index contributed by atoms with van der Waals surface area (Å²) in [6.07, 6.45) is 0.869. The number of ketones is 1. The average molecular weight is 858 g/mol. The monoisotopic (exact) mass is 857 g/mol. The molecule has 1 fully saturated rings. The number of nitrogens with zero attached hydrogens (tertiary/aromatic N) is 3. The highest BCUT2D eigenvalue weighted by molar-refractivity contribution is 7.81. The molecule has 0 aromatic heterocycles. The van der Waals surface area contributed by atoms with E-state index in [2.05, 4.69) is 23.7 Å². The number of rotatable bonds is 24. The van der Waals surface area contributed by atoms with E-state index < -0.39 is 35.8 Å². The first-order valence-electron chi connectivity index (χ1n) is 19.4. The minimum Gasteiger partial charge on any atom is -0.479 e. The molecule has 4 atom stereocenters. The third-order valence-electron chi connectivity index (χ3n) is 8.40. The first-order chi connectivity index (χ1) is 28.0. The molecule has 0 saturated carbocycles. The Morgan fingerprint density at radius 3 is 2.20 bits per heavy atom. The normalized spacial score (nSPS) is 16.0. The molecule has 1 heterocycles. The highest BCUT2D eigenvalue weighted by atomic mass is 32.1. The number of carbonyl (C=O) groups is 8. The molecule has 5 amide bonds. The van der Waals surface area contributed by atoms with E-state index in [1.54, 1.807) is 31.1 Å². The zero-order chi connectivity index (χ0) is 44.9. The number of aliphatic hydroxyl groups is 1. The van der Waals surface area contributed by atoms with Crippen molar-refractivity contribution in [2.24, 2.45) is 5.73 Å². The molecule has 0 radical (unpaired) electrons. The Hall–Kier alpha value is -4.79. The van der Waals surface area contributed by atoms with Gasteiger partial charge in [0.1, 0.15) is 31.9 Å². The van der Waals surface area contributed by atoms with Gasteiger partial charge in [-0.1, -0.05) is 39.2 Å². The number of benzene rings is 1. The molecule has 0 aliphatic carbocycles. The van der Waals surface area contributed by atoms with Crippen molar-refractivity contribution in [3.63, 3.8) is 0 Å². The van der Waals surface area contributed by atoms with Crippen molar-refractivity contribution < 1.29 is 67.5 Å². The summed E-state index contributed by atoms with van der Waals surface area (Å²) in [6.45, 7) is 5.63. The molecule has 59 heavy (non-hydrogen) atoms. The molecule has 0 spiro atoms. The number of amides is 5. The van der Waals surface area contributed by atoms with Crippen LogP contribution < -0.4 is 15.8 Å². The quantitative estimate of drug-likeness (QED) is 0.0569. The van der Waals surface area contributed by atoms with Gasteiger partial charge in [0.2, 0.25) is 30.4 Å². The number of Topliss-reactive ketones (excluding diaryl/α,β-unsaturated/α-hetero) is 1. The van der Waals surface area contributed by atoms with Gasteiger partial charge < -0.3 is 59.7 Å². The number of primary amides is 1. The van der Waals surface area contributed by atoms with E-state index in [1.807, 2.05) is 13.8 Å². The molecule has 4 unspecified atom stereocenters. The number of aliphatic carboxylic acids is 1. The van der Waals surface area contributed by atoms with Gasteiger partial charge in [0.15, 0.2) is 11.9 Å². The molecule has 5 N–H and O–H groups in total. The lowest BCUT2D eigenvalue weighted by Gasteiger charge is -2.31. The third-order valence-corrected chi connectivity index (χ3v) is 8.83. The number of aliphatic hydroxyl groups excluding tert-OH is 1. The zero-order valence-corrected chi connectivity index (χ0v) is 35.9. The van der Waals surface area contributed by atoms with Gasteiger partial charge in [-0.3, -0.25) is 24.0 Å². The zero-order valence-electron chi connectivity index (χ0n) is 35.0. The van der Waals surface area contributed by atoms with Gasteiger partial charge in [-0.05, 0) is 37.5 Å². The van der Waals surface area contributed by atoms with Crippen LogP contribution in [0.25, 0.3) is 0 Å². The topological polar surface area (TPSA) is 262 Å². The van der Waals surface area contributed by atoms with Crippen molar-refractivity contribution in [2.45, 2.75) is 109 Å². The minimum atomic E-state index is -1.27. The Balaban J connectivity index is 0.00000641. The number of carboxylic acids is 1. The number of carboxylic acid groups (broad SMARTS) is 1. The van der Waals surface area contributed by atoms with E-state index >= 15 is 0 Å². The number of likely N-dealkylation sites (N-methyl/N-ethyl adjacent to an activating group) is 2. The Morgan fingerprint density at radius 1 is 0.949 bits per heavy atom. The summed E-state index contributed by atoms with van der Waals surface area (Å²) >= 11 is 4.16. The standard InChI is InChI=1S/C36H54N4O13S.C2H6.CH3NO/c1-24(42)21-50-23-32(45)38(2)15-16-40(4)36(49)51-22-25-11-12-28(52-33-20-26(43)19-29(53-33)35(47)48)27(18-25)37-31(44)10-8-6-5-7-9-14-39(3)34(46)30(54)13-17-41;1-2;2-1-3/h11-12,17-18,26,29-30,33,43,54H,5-10,13-16,19-23H2,1-4H3,(H,37,44)(H,47,48);1-2H3;1H,(H2,2,3). The van der Waals surface area contributed by atoms with Crippen LogP contribution in [0.5, 0.6) is 5.75 Å². The van der Waals surface area contributed by atoms with Gasteiger partial charge in [-0.25, -0.2) is 9.59 Å². The van der Waals surface area contributed by atoms with Gasteiger partial charge in [-0.15, -0.1) is 0 Å². The number of anilines is 1. The molecule has 20 heteroatoms. The summed E-state index contributed by atoms with van der Waals surface area (Å²) in [5.74, 6) is -2.14. The lowest BCUT2D eigenvalue weighted by molar-refractivity contribution is -0.195. The molecule has 1 aliphatic heterocycles. The van der Waals surface area contributed by atoms with Crippen LogP contribution in [0.1, 0.15) is 84.1 Å². The van der Waals surface area contributed by atoms with Crippen LogP contribution in [-0.2, 0) is 54.4 Å². The van der Waals surface area contributed by atoms with Crippen molar-refractivity contribution >= 4 is 66.6 Å². The first kappa shape index (κ1) is 54.2. The van der Waals surface area contributed by atoms with Crippen LogP contribution >= 0.6 is 12.6 Å². The number of nitrogens with two attached hydrogens (primary N) is 1. The van der Waals surface area contributed by atoms with Gasteiger partial charge in [-0.2, -0.15) is 12.6 Å². The maximum atomic E-state index is 13.0. The highest BCUT2D eigenvalue weighted by Crippen LogP contribution is 2.31. The fourth-order valence-corrected chi connectivity index (χ4v) is 5.48. The summed E-state index contributed by atoms with van der Waals surface area (Å²) in [6, 6.07) is 4.68. The Kier molecular flexibility index (Phi) is 28.6. The molecular weight excluding hydrogens is 795 g/mol. The van der Waals surface area contributed by atoms with E-state index in [9.17, 15) is 43.8 Å². The van der Waals surface area contributed by atoms with E-state index in [1.165, 1.54) is 29.8 Å². The van der Waals surface area contributed by atoms with Crippen molar-refractivity contribution in [1.29, 1.82) is 0 Å². The van der Waals surface area contributed by atoms with Gasteiger partial charge in [0.05, 0.1) is 17.0 Å². The molecule has 2 rings (SSSR count). The number of ether oxygens (including phenoxy) is 4. The van der Waals surface area contributed by atoms with E-state index in [0.717, 1.165) is 25.7 Å². The molecule has 1 aromatic carbocycles. The molecule has 1 aromatic rings. The van der Waals surface area contributed by atoms with Crippen molar-refractivity contribution in [1.82, 2.24) is 14.7 Å². The number of aldehydes is 1. The summed E-state index contributed by atoms with van der Waals surface area (Å²) in [4.78, 5) is 96.0. The lowest BCUT2D eigenvalue weighted by atomic mass is 10.1. The molecular formula is C39H63N5O14S. The number of unbranched alkanes of at least 4 members (excludes halogenated alkanes) is 4. The number of nitrogens with one attached hydrogen (secondary N) is 1. The molecule has 1 saturated heterocycles. The predicted molar refractivity (Wildman–Crippen MR) is 220 cm³/mol. The fraction of sp³-hybridized carbons (Fsp3) is 0.641. The van der Waals surface area contributed by atoms with E-state index in [4.69, 9.17) is 23.7 Å². The van der Waals surface area contributed by atoms with Crippen LogP contribution in [0.3, 0.4) is 0 Å². The van der Waals surface area contributed by atoms with Crippen LogP contribution in [0, 0.1) is 0 Å². The maximum Gasteiger partial charge on any atom is 0.409 e. The smallest absolute Gasteiger partial charge is 0.409 e.